The molecule has 1 aliphatic heterocycles. The molecule has 1 atom stereocenters. The monoisotopic (exact) mass is 268 g/mol. The average molecular weight is 268 g/mol. The minimum atomic E-state index is -3.33. The first-order valence-corrected chi connectivity index (χ1v) is 7.81. The summed E-state index contributed by atoms with van der Waals surface area (Å²) < 4.78 is 26.3. The number of sulfonamides is 1. The zero-order valence-corrected chi connectivity index (χ0v) is 11.5. The van der Waals surface area contributed by atoms with E-state index in [9.17, 15) is 8.42 Å². The predicted octanol–water partition coefficient (Wildman–Crippen LogP) is 1.22. The van der Waals surface area contributed by atoms with Crippen LogP contribution in [0.3, 0.4) is 0 Å². The molecule has 4 nitrogen and oxygen atoms in total. The molecule has 1 heterocycles. The van der Waals surface area contributed by atoms with E-state index >= 15 is 0 Å². The lowest BCUT2D eigenvalue weighted by molar-refractivity contribution is 0.459. The Kier molecular flexibility index (Phi) is 4.04. The predicted molar refractivity (Wildman–Crippen MR) is 71.7 cm³/mol. The van der Waals surface area contributed by atoms with Crippen LogP contribution in [0.1, 0.15) is 18.9 Å². The van der Waals surface area contributed by atoms with Crippen LogP contribution < -0.4 is 5.73 Å². The van der Waals surface area contributed by atoms with Crippen molar-refractivity contribution in [2.24, 2.45) is 11.7 Å². The molecule has 0 saturated carbocycles. The lowest BCUT2D eigenvalue weighted by Crippen LogP contribution is -2.30. The normalized spacial score (nSPS) is 21.3. The molecule has 0 amide bonds. The van der Waals surface area contributed by atoms with Gasteiger partial charge >= 0.3 is 0 Å². The maximum atomic E-state index is 12.4. The van der Waals surface area contributed by atoms with Crippen LogP contribution in [0, 0.1) is 5.92 Å². The molecule has 0 aliphatic carbocycles. The van der Waals surface area contributed by atoms with Crippen molar-refractivity contribution in [3.63, 3.8) is 0 Å². The lowest BCUT2D eigenvalue weighted by atomic mass is 10.1. The van der Waals surface area contributed by atoms with Gasteiger partial charge in [-0.3, -0.25) is 0 Å². The van der Waals surface area contributed by atoms with Gasteiger partial charge in [-0.15, -0.1) is 0 Å². The number of hydrogen-bond donors (Lipinski definition) is 1. The first kappa shape index (κ1) is 13.5. The molecule has 18 heavy (non-hydrogen) atoms. The van der Waals surface area contributed by atoms with Crippen LogP contribution in [0.25, 0.3) is 0 Å². The summed E-state index contributed by atoms with van der Waals surface area (Å²) >= 11 is 0. The van der Waals surface area contributed by atoms with E-state index in [1.807, 2.05) is 12.1 Å². The minimum Gasteiger partial charge on any atom is -0.330 e. The fraction of sp³-hybridized carbons (Fsp3) is 0.538. The minimum absolute atomic E-state index is 0.301. The van der Waals surface area contributed by atoms with Gasteiger partial charge in [0.2, 0.25) is 10.0 Å². The molecule has 0 unspecified atom stereocenters. The maximum absolute atomic E-state index is 12.4. The third kappa shape index (κ3) is 2.58. The quantitative estimate of drug-likeness (QED) is 0.893. The van der Waals surface area contributed by atoms with E-state index in [-0.39, 0.29) is 0 Å². The Morgan fingerprint density at radius 3 is 2.50 bits per heavy atom. The summed E-state index contributed by atoms with van der Waals surface area (Å²) in [6.45, 7) is 3.74. The average Bonchev–Trinajstić information content (AvgIpc) is 2.88. The molecule has 0 radical (unpaired) electrons. The van der Waals surface area contributed by atoms with Gasteiger partial charge in [0.05, 0.1) is 4.90 Å². The Hall–Kier alpha value is -0.910. The highest BCUT2D eigenvalue weighted by Gasteiger charge is 2.31. The molecular weight excluding hydrogens is 248 g/mol. The first-order valence-electron chi connectivity index (χ1n) is 6.37. The molecule has 1 aliphatic rings. The number of hydrogen-bond acceptors (Lipinski definition) is 3. The van der Waals surface area contributed by atoms with Crippen molar-refractivity contribution >= 4 is 10.0 Å². The number of benzene rings is 1. The van der Waals surface area contributed by atoms with E-state index < -0.39 is 10.0 Å². The largest absolute Gasteiger partial charge is 0.330 e. The molecule has 100 valence electrons. The van der Waals surface area contributed by atoms with E-state index in [1.165, 1.54) is 0 Å². The second kappa shape index (κ2) is 5.38. The Morgan fingerprint density at radius 1 is 1.33 bits per heavy atom. The van der Waals surface area contributed by atoms with E-state index in [1.54, 1.807) is 16.4 Å². The molecule has 1 fully saturated rings. The van der Waals surface area contributed by atoms with Gasteiger partial charge in [0.15, 0.2) is 0 Å². The van der Waals surface area contributed by atoms with E-state index in [0.29, 0.717) is 30.4 Å². The van der Waals surface area contributed by atoms with Gasteiger partial charge in [-0.05, 0) is 43.0 Å². The van der Waals surface area contributed by atoms with Crippen LogP contribution in [-0.2, 0) is 16.4 Å². The summed E-state index contributed by atoms with van der Waals surface area (Å²) in [6, 6.07) is 7.15. The van der Waals surface area contributed by atoms with Gasteiger partial charge < -0.3 is 5.73 Å². The summed E-state index contributed by atoms with van der Waals surface area (Å²) in [7, 11) is -3.33. The molecule has 1 aromatic rings. The van der Waals surface area contributed by atoms with Crippen molar-refractivity contribution in [1.29, 1.82) is 0 Å². The van der Waals surface area contributed by atoms with Crippen molar-refractivity contribution in [3.8, 4) is 0 Å². The molecule has 5 heteroatoms. The second-order valence-corrected chi connectivity index (χ2v) is 6.69. The highest BCUT2D eigenvalue weighted by atomic mass is 32.2. The summed E-state index contributed by atoms with van der Waals surface area (Å²) in [4.78, 5) is 0.386. The fourth-order valence-corrected chi connectivity index (χ4v) is 3.79. The summed E-state index contributed by atoms with van der Waals surface area (Å²) in [5.41, 5.74) is 6.74. The fourth-order valence-electron chi connectivity index (χ4n) is 2.25. The maximum Gasteiger partial charge on any atom is 0.243 e. The summed E-state index contributed by atoms with van der Waals surface area (Å²) in [5.74, 6) is 0.301. The Morgan fingerprint density at radius 2 is 2.00 bits per heavy atom. The van der Waals surface area contributed by atoms with Crippen LogP contribution in [0.4, 0.5) is 0 Å². The Balaban J connectivity index is 2.20. The number of aryl methyl sites for hydroxylation is 1. The van der Waals surface area contributed by atoms with Crippen molar-refractivity contribution in [1.82, 2.24) is 4.31 Å². The van der Waals surface area contributed by atoms with Crippen LogP contribution in [0.15, 0.2) is 29.2 Å². The highest BCUT2D eigenvalue weighted by molar-refractivity contribution is 7.89. The van der Waals surface area contributed by atoms with E-state index in [2.05, 4.69) is 6.92 Å². The van der Waals surface area contributed by atoms with Crippen LogP contribution in [-0.4, -0.2) is 32.4 Å². The Bertz CT molecular complexity index is 496. The third-order valence-electron chi connectivity index (χ3n) is 3.55. The van der Waals surface area contributed by atoms with Gasteiger partial charge in [-0.25, -0.2) is 8.42 Å². The topological polar surface area (TPSA) is 63.4 Å². The molecule has 1 saturated heterocycles. The standard InChI is InChI=1S/C13H20N2O2S/c1-2-11-3-5-13(6-4-11)18(16,17)15-8-7-12(9-14)10-15/h3-6,12H,2,7-10,14H2,1H3/t12-/m0/s1. The highest BCUT2D eigenvalue weighted by Crippen LogP contribution is 2.23. The summed E-state index contributed by atoms with van der Waals surface area (Å²) in [6.07, 6.45) is 1.78. The van der Waals surface area contributed by atoms with E-state index in [4.69, 9.17) is 5.73 Å². The van der Waals surface area contributed by atoms with Crippen LogP contribution in [0.2, 0.25) is 0 Å². The van der Waals surface area contributed by atoms with Crippen molar-refractivity contribution < 1.29 is 8.42 Å². The number of nitrogens with zero attached hydrogens (tertiary/aromatic N) is 1. The molecular formula is C13H20N2O2S. The van der Waals surface area contributed by atoms with Crippen molar-refractivity contribution in [2.75, 3.05) is 19.6 Å². The third-order valence-corrected chi connectivity index (χ3v) is 5.43. The Labute approximate surface area is 109 Å². The van der Waals surface area contributed by atoms with Gasteiger partial charge in [-0.2, -0.15) is 4.31 Å². The van der Waals surface area contributed by atoms with Gasteiger partial charge in [0, 0.05) is 13.1 Å². The zero-order valence-electron chi connectivity index (χ0n) is 10.7. The van der Waals surface area contributed by atoms with Crippen LogP contribution in [0.5, 0.6) is 0 Å². The zero-order chi connectivity index (χ0) is 13.2. The van der Waals surface area contributed by atoms with Crippen molar-refractivity contribution in [2.45, 2.75) is 24.7 Å². The molecule has 1 aromatic carbocycles. The summed E-state index contributed by atoms with van der Waals surface area (Å²) in [5, 5.41) is 0. The second-order valence-electron chi connectivity index (χ2n) is 4.75. The van der Waals surface area contributed by atoms with Crippen molar-refractivity contribution in [3.05, 3.63) is 29.8 Å². The number of rotatable bonds is 4. The molecule has 0 spiro atoms. The van der Waals surface area contributed by atoms with Gasteiger partial charge in [0.25, 0.3) is 0 Å². The van der Waals surface area contributed by atoms with Crippen LogP contribution >= 0.6 is 0 Å². The SMILES string of the molecule is CCc1ccc(S(=O)(=O)N2CC[C@@H](CN)C2)cc1. The molecule has 0 bridgehead atoms. The molecule has 2 rings (SSSR count). The van der Waals surface area contributed by atoms with Gasteiger partial charge in [0.1, 0.15) is 0 Å². The molecule has 0 aromatic heterocycles. The molecule has 2 N–H and O–H groups in total. The smallest absolute Gasteiger partial charge is 0.243 e. The number of nitrogens with two attached hydrogens (primary N) is 1. The first-order chi connectivity index (χ1) is 8.57. The van der Waals surface area contributed by atoms with Gasteiger partial charge in [-0.1, -0.05) is 19.1 Å². The van der Waals surface area contributed by atoms with E-state index in [0.717, 1.165) is 18.4 Å². The lowest BCUT2D eigenvalue weighted by Gasteiger charge is -2.16.